The van der Waals surface area contributed by atoms with Crippen molar-refractivity contribution in [3.05, 3.63) is 39.4 Å². The van der Waals surface area contributed by atoms with Gasteiger partial charge in [0.1, 0.15) is 0 Å². The topological polar surface area (TPSA) is 143 Å². The average Bonchev–Trinajstić information content (AvgIpc) is 2.33. The molecular formula is C6Fe2KN6-3. The summed E-state index contributed by atoms with van der Waals surface area (Å²) in [5.41, 5.74) is 0. The van der Waals surface area contributed by atoms with Crippen LogP contribution >= 0.6 is 0 Å². The third kappa shape index (κ3) is 12400. The molecule has 0 fully saturated rings. The fraction of sp³-hybridized carbons (Fsp3) is 0. The van der Waals surface area contributed by atoms with Crippen molar-refractivity contribution in [3.8, 4) is 0 Å². The first-order chi connectivity index (χ1) is 6.00. The zero-order chi connectivity index (χ0) is 12.0. The van der Waals surface area contributed by atoms with E-state index >= 15 is 0 Å². The van der Waals surface area contributed by atoms with E-state index in [1.165, 1.54) is 0 Å². The maximum Gasteiger partial charge on any atom is 3.00 e. The minimum Gasteiger partial charge on any atom is -0.512 e. The summed E-state index contributed by atoms with van der Waals surface area (Å²) in [5, 5.41) is 37.5. The Bertz CT molecular complexity index is 101. The summed E-state index contributed by atoms with van der Waals surface area (Å²) in [7, 11) is 0. The molecular weight excluding hydrogens is 307 g/mol. The van der Waals surface area contributed by atoms with E-state index in [9.17, 15) is 0 Å². The monoisotopic (exact) mass is 307 g/mol. The van der Waals surface area contributed by atoms with Crippen LogP contribution in [-0.4, -0.2) is 51.4 Å². The number of hydrogen-bond donors (Lipinski definition) is 0. The average molecular weight is 307 g/mol. The molecule has 0 bridgehead atoms. The van der Waals surface area contributed by atoms with Crippen LogP contribution in [0.25, 0.3) is 0 Å². The van der Waals surface area contributed by atoms with Gasteiger partial charge in [-0.2, -0.15) is 0 Å². The van der Waals surface area contributed by atoms with Crippen LogP contribution in [0.3, 0.4) is 0 Å². The predicted molar refractivity (Wildman–Crippen MR) is 35.6 cm³/mol. The molecule has 0 aliphatic rings. The smallest absolute Gasteiger partial charge is 0.512 e. The molecule has 0 aliphatic heterocycles. The van der Waals surface area contributed by atoms with Gasteiger partial charge < -0.3 is 71.0 Å². The Kier molecular flexibility index (Phi) is 83900. The van der Waals surface area contributed by atoms with Gasteiger partial charge in [-0.1, -0.05) is 0 Å². The molecule has 0 aromatic rings. The molecule has 0 aromatic heterocycles. The Labute approximate surface area is 154 Å². The van der Waals surface area contributed by atoms with Crippen LogP contribution in [0, 0.1) is 71.0 Å². The van der Waals surface area contributed by atoms with Gasteiger partial charge in [-0.3, -0.25) is 0 Å². The molecule has 0 aromatic carbocycles. The van der Waals surface area contributed by atoms with Gasteiger partial charge in [-0.25, -0.2) is 0 Å². The summed E-state index contributed by atoms with van der Waals surface area (Å²) < 4.78 is 0. The normalized spacial score (nSPS) is 0.800. The maximum atomic E-state index is 6.25. The molecule has 0 unspecified atom stereocenters. The molecule has 0 N–H and O–H groups in total. The van der Waals surface area contributed by atoms with E-state index in [0.717, 1.165) is 0 Å². The van der Waals surface area contributed by atoms with E-state index in [-0.39, 0.29) is 85.5 Å². The van der Waals surface area contributed by atoms with Crippen LogP contribution in [-0.2, 0) is 34.1 Å². The molecule has 9 heteroatoms. The first-order valence-corrected chi connectivity index (χ1v) is 1.34. The molecule has 74 valence electrons. The van der Waals surface area contributed by atoms with E-state index in [2.05, 4.69) is 0 Å². The Morgan fingerprint density at radius 3 is 0.400 bits per heavy atom. The van der Waals surface area contributed by atoms with Crippen LogP contribution in [0.1, 0.15) is 0 Å². The Morgan fingerprint density at radius 1 is 0.400 bits per heavy atom. The number of nitrogens with zero attached hydrogens (tertiary/aromatic N) is 6. The molecule has 0 heterocycles. The van der Waals surface area contributed by atoms with Crippen molar-refractivity contribution < 1.29 is 34.1 Å². The maximum absolute atomic E-state index is 6.25. The molecule has 15 heavy (non-hydrogen) atoms. The van der Waals surface area contributed by atoms with Crippen LogP contribution in [0.2, 0.25) is 0 Å². The molecule has 0 rings (SSSR count). The van der Waals surface area contributed by atoms with E-state index < -0.39 is 0 Å². The van der Waals surface area contributed by atoms with Crippen LogP contribution in [0.4, 0.5) is 0 Å². The summed E-state index contributed by atoms with van der Waals surface area (Å²) in [5.74, 6) is 0. The summed E-state index contributed by atoms with van der Waals surface area (Å²) in [4.78, 5) is 0. The van der Waals surface area contributed by atoms with Gasteiger partial charge in [0.15, 0.2) is 0 Å². The van der Waals surface area contributed by atoms with Crippen molar-refractivity contribution >= 4 is 51.4 Å². The molecule has 0 atom stereocenters. The summed E-state index contributed by atoms with van der Waals surface area (Å²) in [6, 6.07) is 0. The Balaban J connectivity index is -0.00000000396. The van der Waals surface area contributed by atoms with Gasteiger partial charge in [0.2, 0.25) is 0 Å². The molecule has 0 saturated carbocycles. The van der Waals surface area contributed by atoms with Crippen molar-refractivity contribution in [2.24, 2.45) is 0 Å². The number of rotatable bonds is 0. The van der Waals surface area contributed by atoms with Gasteiger partial charge in [0.25, 0.3) is 0 Å². The standard InChI is InChI=1S/6CN.2Fe.K/c6*1-2;;;/q6*-1;;+3;. The zero-order valence-electron chi connectivity index (χ0n) is 7.39. The van der Waals surface area contributed by atoms with E-state index in [1.54, 1.807) is 0 Å². The fourth-order valence-electron chi connectivity index (χ4n) is 0. The Hall–Kier alpha value is -0.385. The van der Waals surface area contributed by atoms with Crippen molar-refractivity contribution in [3.63, 3.8) is 0 Å². The van der Waals surface area contributed by atoms with Crippen molar-refractivity contribution in [2.45, 2.75) is 0 Å². The van der Waals surface area contributed by atoms with Crippen molar-refractivity contribution in [1.82, 2.24) is 0 Å². The van der Waals surface area contributed by atoms with Crippen LogP contribution in [0.15, 0.2) is 0 Å². The van der Waals surface area contributed by atoms with Gasteiger partial charge in [-0.15, -0.1) is 0 Å². The summed E-state index contributed by atoms with van der Waals surface area (Å²) in [6.45, 7) is 28.5. The van der Waals surface area contributed by atoms with Gasteiger partial charge in [0.05, 0.1) is 0 Å². The Morgan fingerprint density at radius 2 is 0.400 bits per heavy atom. The van der Waals surface area contributed by atoms with E-state index in [0.29, 0.717) is 0 Å². The zero-order valence-corrected chi connectivity index (χ0v) is 12.7. The third-order valence-corrected chi connectivity index (χ3v) is 0. The first-order valence-electron chi connectivity index (χ1n) is 1.34. The van der Waals surface area contributed by atoms with Crippen LogP contribution < -0.4 is 0 Å². The second kappa shape index (κ2) is 14600. The third-order valence-electron chi connectivity index (χ3n) is 0. The quantitative estimate of drug-likeness (QED) is 0.461. The molecule has 6 nitrogen and oxygen atoms in total. The molecule has 0 amide bonds. The molecule has 2 radical (unpaired) electrons. The summed E-state index contributed by atoms with van der Waals surface area (Å²) >= 11 is 0. The molecule has 0 saturated heterocycles. The van der Waals surface area contributed by atoms with Gasteiger partial charge in [-0.05, 0) is 0 Å². The minimum atomic E-state index is 0. The van der Waals surface area contributed by atoms with E-state index in [4.69, 9.17) is 71.0 Å². The van der Waals surface area contributed by atoms with Gasteiger partial charge >= 0.3 is 17.1 Å². The second-order valence-electron chi connectivity index (χ2n) is 0. The molecule has 0 aliphatic carbocycles. The SMILES string of the molecule is [C-]#N.[C-]#N.[C-]#N.[C-]#N.[C-]#N.[C-]#N.[Fe+3].[Fe].[K]. The summed E-state index contributed by atoms with van der Waals surface area (Å²) in [6.07, 6.45) is 0. The van der Waals surface area contributed by atoms with Gasteiger partial charge in [0, 0.05) is 68.5 Å². The largest absolute Gasteiger partial charge is 3.00 e. The van der Waals surface area contributed by atoms with Crippen LogP contribution in [0.5, 0.6) is 0 Å². The second-order valence-corrected chi connectivity index (χ2v) is 0. The fourth-order valence-corrected chi connectivity index (χ4v) is 0. The van der Waals surface area contributed by atoms with E-state index in [1.807, 2.05) is 0 Å². The number of hydrogen-bond acceptors (Lipinski definition) is 6. The predicted octanol–water partition coefficient (Wildman–Crippen LogP) is 0.192. The first kappa shape index (κ1) is 85.9. The van der Waals surface area contributed by atoms with Crippen molar-refractivity contribution in [2.75, 3.05) is 0 Å². The molecule has 0 spiro atoms. The minimum absolute atomic E-state index is 0. The van der Waals surface area contributed by atoms with Crippen molar-refractivity contribution in [1.29, 1.82) is 31.6 Å².